The van der Waals surface area contributed by atoms with Crippen molar-refractivity contribution in [1.82, 2.24) is 35.7 Å². The third kappa shape index (κ3) is 12.8. The number of hydrogen-bond donors (Lipinski definition) is 7. The van der Waals surface area contributed by atoms with Gasteiger partial charge in [0.1, 0.15) is 18.5 Å². The molecule has 73 heavy (non-hydrogen) atoms. The van der Waals surface area contributed by atoms with Gasteiger partial charge in [0.15, 0.2) is 5.60 Å². The Morgan fingerprint density at radius 3 is 2.25 bits per heavy atom. The number of benzene rings is 2. The van der Waals surface area contributed by atoms with E-state index in [0.717, 1.165) is 11.0 Å². The SMILES string of the molecule is [3H]C1CC(=O)N(CCOCCOCCOCCC(=O)NCC(=O)NCC(=O)N[C@@H](Cc2ccccc2)C(=O)NCC(=O)Nc2cc3c(CO)c4c(nc3cc2F)-c2cc3c(c(=O)n2C4)COC(=O)[C@]3(O)CC)C1=O. The van der Waals surface area contributed by atoms with Crippen molar-refractivity contribution in [3.63, 3.8) is 0 Å². The van der Waals surface area contributed by atoms with Crippen LogP contribution in [0.25, 0.3) is 22.3 Å². The zero-order valence-corrected chi connectivity index (χ0v) is 39.7. The number of amides is 7. The summed E-state index contributed by atoms with van der Waals surface area (Å²) in [6, 6.07) is 11.2. The zero-order chi connectivity index (χ0) is 53.1. The van der Waals surface area contributed by atoms with Crippen molar-refractivity contribution >= 4 is 63.9 Å². The van der Waals surface area contributed by atoms with Crippen LogP contribution in [0, 0.1) is 5.82 Å². The van der Waals surface area contributed by atoms with Crippen molar-refractivity contribution in [3.05, 3.63) is 92.5 Å². The molecule has 3 atom stereocenters. The van der Waals surface area contributed by atoms with Crippen molar-refractivity contribution in [2.75, 3.05) is 71.1 Å². The molecule has 4 aromatic rings. The molecule has 0 bridgehead atoms. The molecule has 0 spiro atoms. The third-order valence-corrected chi connectivity index (χ3v) is 12.3. The second-order valence-electron chi connectivity index (χ2n) is 17.0. The first-order chi connectivity index (χ1) is 35.5. The minimum absolute atomic E-state index is 0.0150. The van der Waals surface area contributed by atoms with E-state index in [-0.39, 0.29) is 130 Å². The first-order valence-electron chi connectivity index (χ1n) is 24.0. The molecule has 5 heterocycles. The van der Waals surface area contributed by atoms with Crippen LogP contribution in [-0.2, 0) is 89.1 Å². The number of cyclic esters (lactones) is 1. The minimum Gasteiger partial charge on any atom is -0.458 e. The molecule has 7 amide bonds. The molecule has 7 rings (SSSR count). The molecule has 0 radical (unpaired) electrons. The smallest absolute Gasteiger partial charge is 0.343 e. The first kappa shape index (κ1) is 51.8. The van der Waals surface area contributed by atoms with E-state index in [0.29, 0.717) is 11.1 Å². The number of hydrogen-bond acceptors (Lipinski definition) is 16. The Bertz CT molecular complexity index is 2910. The van der Waals surface area contributed by atoms with E-state index in [2.05, 4.69) is 31.6 Å². The first-order valence-corrected chi connectivity index (χ1v) is 23.4. The van der Waals surface area contributed by atoms with Crippen molar-refractivity contribution in [1.29, 1.82) is 0 Å². The summed E-state index contributed by atoms with van der Waals surface area (Å²) in [5.74, 6) is -6.33. The Hall–Kier alpha value is -7.51. The average Bonchev–Trinajstić information content (AvgIpc) is 3.87. The van der Waals surface area contributed by atoms with Gasteiger partial charge in [-0.2, -0.15) is 0 Å². The summed E-state index contributed by atoms with van der Waals surface area (Å²) < 4.78 is 45.8. The predicted octanol–water partition coefficient (Wildman–Crippen LogP) is -0.685. The largest absolute Gasteiger partial charge is 0.458 e. The maximum atomic E-state index is 15.7. The lowest BCUT2D eigenvalue weighted by molar-refractivity contribution is -0.172. The number of esters is 1. The van der Waals surface area contributed by atoms with Crippen LogP contribution in [-0.4, -0.2) is 144 Å². The highest BCUT2D eigenvalue weighted by atomic mass is 19.1. The lowest BCUT2D eigenvalue weighted by Gasteiger charge is -2.31. The highest BCUT2D eigenvalue weighted by Gasteiger charge is 2.45. The van der Waals surface area contributed by atoms with Crippen LogP contribution in [0.5, 0.6) is 0 Å². The second-order valence-corrected chi connectivity index (χ2v) is 17.0. The predicted molar refractivity (Wildman–Crippen MR) is 253 cm³/mol. The minimum atomic E-state index is -2.07. The highest BCUT2D eigenvalue weighted by Crippen LogP contribution is 2.41. The van der Waals surface area contributed by atoms with Gasteiger partial charge < -0.3 is 60.3 Å². The van der Waals surface area contributed by atoms with E-state index in [9.17, 15) is 53.4 Å². The molecule has 2 aromatic carbocycles. The number of fused-ring (bicyclic) bond motifs is 5. The molecule has 1 fully saturated rings. The number of carbonyl (C=O) groups excluding carboxylic acids is 8. The molecule has 3 aliphatic rings. The number of pyridine rings is 2. The normalized spacial score (nSPS) is 17.3. The quantitative estimate of drug-likeness (QED) is 0.0216. The fraction of sp³-hybridized carbons (Fsp3) is 0.429. The Labute approximate surface area is 417 Å². The molecular formula is C49H55FN8O15. The van der Waals surface area contributed by atoms with Crippen LogP contribution in [0.15, 0.2) is 53.3 Å². The van der Waals surface area contributed by atoms with Gasteiger partial charge in [-0.05, 0) is 29.7 Å². The molecule has 1 unspecified atom stereocenters. The Kier molecular flexibility index (Phi) is 17.2. The third-order valence-electron chi connectivity index (χ3n) is 12.3. The van der Waals surface area contributed by atoms with Gasteiger partial charge in [0.05, 0.1) is 107 Å². The van der Waals surface area contributed by atoms with Crippen molar-refractivity contribution in [2.24, 2.45) is 0 Å². The Morgan fingerprint density at radius 2 is 1.55 bits per heavy atom. The summed E-state index contributed by atoms with van der Waals surface area (Å²) in [4.78, 5) is 120. The number of ether oxygens (including phenoxy) is 4. The van der Waals surface area contributed by atoms with E-state index in [1.807, 2.05) is 0 Å². The van der Waals surface area contributed by atoms with Gasteiger partial charge in [0.25, 0.3) is 5.56 Å². The zero-order valence-electron chi connectivity index (χ0n) is 40.7. The molecule has 1 saturated heterocycles. The number of imide groups is 1. The van der Waals surface area contributed by atoms with E-state index in [1.54, 1.807) is 37.3 Å². The second kappa shape index (κ2) is 24.3. The fourth-order valence-corrected chi connectivity index (χ4v) is 8.37. The summed E-state index contributed by atoms with van der Waals surface area (Å²) in [5, 5.41) is 34.2. The fourth-order valence-electron chi connectivity index (χ4n) is 8.37. The number of aliphatic hydroxyl groups excluding tert-OH is 1. The van der Waals surface area contributed by atoms with E-state index >= 15 is 4.39 Å². The summed E-state index contributed by atoms with van der Waals surface area (Å²) in [5.41, 5.74) is -0.812. The molecule has 7 N–H and O–H groups in total. The molecule has 0 saturated carbocycles. The van der Waals surface area contributed by atoms with Crippen LogP contribution in [0.4, 0.5) is 10.1 Å². The van der Waals surface area contributed by atoms with Crippen molar-refractivity contribution in [3.8, 4) is 11.4 Å². The van der Waals surface area contributed by atoms with Crippen LogP contribution in [0.1, 0.15) is 61.8 Å². The van der Waals surface area contributed by atoms with Gasteiger partial charge in [0.2, 0.25) is 41.4 Å². The van der Waals surface area contributed by atoms with E-state index in [4.69, 9.17) is 20.3 Å². The van der Waals surface area contributed by atoms with Gasteiger partial charge in [-0.15, -0.1) is 0 Å². The summed E-state index contributed by atoms with van der Waals surface area (Å²) in [6.45, 7) is -0.0605. The molecule has 24 heteroatoms. The number of carbonyl (C=O) groups is 8. The number of aliphatic hydroxyl groups is 2. The molecule has 0 aliphatic carbocycles. The topological polar surface area (TPSA) is 312 Å². The van der Waals surface area contributed by atoms with Gasteiger partial charge in [0, 0.05) is 49.6 Å². The van der Waals surface area contributed by atoms with Crippen LogP contribution < -0.4 is 32.1 Å². The maximum absolute atomic E-state index is 15.7. The summed E-state index contributed by atoms with van der Waals surface area (Å²) in [7, 11) is 0. The van der Waals surface area contributed by atoms with E-state index in [1.165, 1.54) is 16.7 Å². The van der Waals surface area contributed by atoms with Crippen LogP contribution in [0.2, 0.25) is 0 Å². The van der Waals surface area contributed by atoms with Gasteiger partial charge in [-0.25, -0.2) is 14.2 Å². The van der Waals surface area contributed by atoms with Gasteiger partial charge in [-0.3, -0.25) is 43.3 Å². The number of nitrogens with zero attached hydrogens (tertiary/aromatic N) is 3. The Morgan fingerprint density at radius 1 is 0.863 bits per heavy atom. The molecular weight excluding hydrogens is 960 g/mol. The maximum Gasteiger partial charge on any atom is 0.343 e. The van der Waals surface area contributed by atoms with E-state index < -0.39 is 103 Å². The van der Waals surface area contributed by atoms with Crippen LogP contribution >= 0.6 is 0 Å². The van der Waals surface area contributed by atoms with Crippen molar-refractivity contribution < 1.29 is 73.3 Å². The monoisotopic (exact) mass is 1020 g/mol. The Balaban J connectivity index is 0.849. The average molecular weight is 1020 g/mol. The van der Waals surface area contributed by atoms with Gasteiger partial charge in [-0.1, -0.05) is 37.3 Å². The number of nitrogens with one attached hydrogen (secondary N) is 5. The highest BCUT2D eigenvalue weighted by molar-refractivity contribution is 6.02. The molecule has 388 valence electrons. The van der Waals surface area contributed by atoms with Gasteiger partial charge >= 0.3 is 5.97 Å². The lowest BCUT2D eigenvalue weighted by Crippen LogP contribution is -2.52. The molecule has 2 aromatic heterocycles. The standard InChI is InChI=1S/C49H55FN8O15/c1-2-49(69)33-20-38-45-30(25-58(38)47(67)32(33)27-73-48(49)68)31(26-59)29-19-36(34(50)21-35(29)56-45)54-42(63)24-53-46(66)37(18-28-6-4-3-5-7-28)55-41(62)23-52-40(61)22-51-39(60)10-12-70-14-16-72-17-15-71-13-11-57-43(64)8-9-44(57)65/h3-7,19-21,37,59,69H,2,8-18,22-27H2,1H3,(H,51,60)(H,52,61)(H,53,66)(H,54,63)(H,55,62)/t37-,49-/m0/s1/i8T/t8?,37-,49-. The molecule has 23 nitrogen and oxygen atoms in total. The summed E-state index contributed by atoms with van der Waals surface area (Å²) in [6.07, 6.45) is -1.34. The molecule has 3 aliphatic heterocycles. The van der Waals surface area contributed by atoms with Crippen LogP contribution in [0.3, 0.4) is 0 Å². The number of anilines is 1. The number of rotatable bonds is 25. The number of likely N-dealkylation sites (tertiary alicyclic amines) is 1. The summed E-state index contributed by atoms with van der Waals surface area (Å²) >= 11 is 0. The number of halogens is 1. The lowest BCUT2D eigenvalue weighted by atomic mass is 9.86. The number of aromatic nitrogens is 2. The van der Waals surface area contributed by atoms with Crippen molar-refractivity contribution in [2.45, 2.75) is 70.4 Å².